The molecule has 0 aliphatic carbocycles. The van der Waals surface area contributed by atoms with Crippen molar-refractivity contribution in [2.75, 3.05) is 10.6 Å². The molecule has 2 heterocycles. The largest absolute Gasteiger partial charge is 0.379 e. The topological polar surface area (TPSA) is 115 Å². The maximum absolute atomic E-state index is 13.6. The van der Waals surface area contributed by atoms with E-state index in [9.17, 15) is 9.65 Å². The average molecular weight is 511 g/mol. The van der Waals surface area contributed by atoms with Crippen LogP contribution < -0.4 is 10.6 Å². The van der Waals surface area contributed by atoms with Crippen LogP contribution in [-0.4, -0.2) is 26.2 Å². The molecule has 11 heteroatoms. The van der Waals surface area contributed by atoms with E-state index in [1.54, 1.807) is 10.7 Å². The van der Waals surface area contributed by atoms with Crippen molar-refractivity contribution in [3.63, 3.8) is 0 Å². The van der Waals surface area contributed by atoms with Crippen LogP contribution in [-0.2, 0) is 13.1 Å². The molecule has 0 saturated carbocycles. The van der Waals surface area contributed by atoms with E-state index in [1.807, 2.05) is 19.2 Å². The second kappa shape index (κ2) is 10.7. The fourth-order valence-electron chi connectivity index (χ4n) is 3.54. The molecule has 2 aromatic heterocycles. The number of nitrogens with one attached hydrogen (secondary N) is 3. The number of fused-ring (bicyclic) bond motifs is 1. The van der Waals surface area contributed by atoms with Crippen LogP contribution in [0, 0.1) is 28.5 Å². The molecule has 4 aromatic rings. The van der Waals surface area contributed by atoms with E-state index in [0.29, 0.717) is 51.6 Å². The van der Waals surface area contributed by atoms with Crippen LogP contribution in [0.1, 0.15) is 24.6 Å². The average Bonchev–Trinajstić information content (AvgIpc) is 3.31. The van der Waals surface area contributed by atoms with E-state index in [4.69, 9.17) is 28.6 Å². The highest BCUT2D eigenvalue weighted by atomic mass is 35.5. The molecule has 3 N–H and O–H groups in total. The first-order chi connectivity index (χ1) is 16.9. The lowest BCUT2D eigenvalue weighted by atomic mass is 10.1. The molecule has 0 radical (unpaired) electrons. The zero-order valence-electron chi connectivity index (χ0n) is 18.7. The first-order valence-corrected chi connectivity index (χ1v) is 11.5. The molecule has 0 saturated heterocycles. The van der Waals surface area contributed by atoms with Crippen LogP contribution in [0.3, 0.4) is 0 Å². The van der Waals surface area contributed by atoms with Gasteiger partial charge in [0, 0.05) is 35.1 Å². The number of hydrogen-bond donors (Lipinski definition) is 3. The predicted molar refractivity (Wildman–Crippen MR) is 136 cm³/mol. The fourth-order valence-corrected chi connectivity index (χ4v) is 3.99. The van der Waals surface area contributed by atoms with Gasteiger partial charge in [0.25, 0.3) is 0 Å². The van der Waals surface area contributed by atoms with Gasteiger partial charge in [-0.25, -0.2) is 4.39 Å². The highest BCUT2D eigenvalue weighted by Crippen LogP contribution is 2.35. The first kappa shape index (κ1) is 24.4. The summed E-state index contributed by atoms with van der Waals surface area (Å²) >= 11 is 12.4. The molecule has 178 valence electrons. The summed E-state index contributed by atoms with van der Waals surface area (Å²) in [7, 11) is 0. The minimum Gasteiger partial charge on any atom is -0.379 e. The van der Waals surface area contributed by atoms with Gasteiger partial charge in [-0.15, -0.1) is 5.10 Å². The number of rotatable bonds is 9. The second-order valence-electron chi connectivity index (χ2n) is 7.89. The summed E-state index contributed by atoms with van der Waals surface area (Å²) in [5.41, 5.74) is 3.22. The Balaban J connectivity index is 1.62. The lowest BCUT2D eigenvalue weighted by Crippen LogP contribution is -2.11. The number of nitrogens with zero attached hydrogens (tertiary/aromatic N) is 5. The number of halogens is 3. The van der Waals surface area contributed by atoms with Gasteiger partial charge in [0.05, 0.1) is 46.1 Å². The number of anilines is 3. The number of aromatic nitrogens is 4. The SMILES string of the molecule is CC[C@H](C=N)Cn1cc(CNc2cc(Cl)c3ncc(C#N)c(Nc4ccc(F)c(Cl)c4)c3c2)nn1. The first-order valence-electron chi connectivity index (χ1n) is 10.8. The number of hydrogen-bond acceptors (Lipinski definition) is 7. The Bertz CT molecular complexity index is 1430. The molecule has 0 aliphatic rings. The predicted octanol–water partition coefficient (Wildman–Crippen LogP) is 6.18. The van der Waals surface area contributed by atoms with Gasteiger partial charge in [0.2, 0.25) is 0 Å². The van der Waals surface area contributed by atoms with Gasteiger partial charge in [-0.1, -0.05) is 35.3 Å². The minimum atomic E-state index is -0.535. The molecular weight excluding hydrogens is 490 g/mol. The normalized spacial score (nSPS) is 11.7. The number of benzene rings is 2. The molecule has 0 fully saturated rings. The zero-order chi connectivity index (χ0) is 24.9. The molecule has 0 aliphatic heterocycles. The van der Waals surface area contributed by atoms with Crippen LogP contribution >= 0.6 is 23.2 Å². The summed E-state index contributed by atoms with van der Waals surface area (Å²) < 4.78 is 15.3. The summed E-state index contributed by atoms with van der Waals surface area (Å²) in [5.74, 6) is -0.424. The minimum absolute atomic E-state index is 0.0359. The highest BCUT2D eigenvalue weighted by molar-refractivity contribution is 6.36. The van der Waals surface area contributed by atoms with Crippen LogP contribution in [0.25, 0.3) is 10.9 Å². The Hall–Kier alpha value is -3.74. The molecule has 0 bridgehead atoms. The third kappa shape index (κ3) is 5.50. The summed E-state index contributed by atoms with van der Waals surface area (Å²) in [5, 5.41) is 32.8. The Morgan fingerprint density at radius 3 is 2.74 bits per heavy atom. The molecule has 8 nitrogen and oxygen atoms in total. The van der Waals surface area contributed by atoms with E-state index in [2.05, 4.69) is 32.0 Å². The molecular formula is C24H21Cl2FN8. The smallest absolute Gasteiger partial charge is 0.141 e. The quantitative estimate of drug-likeness (QED) is 0.231. The Morgan fingerprint density at radius 1 is 1.23 bits per heavy atom. The van der Waals surface area contributed by atoms with Gasteiger partial charge in [0.1, 0.15) is 17.6 Å². The Labute approximate surface area is 211 Å². The standard InChI is InChI=1S/C24H21Cl2FN8/c1-2-14(8-28)12-35-13-18(33-34-35)11-30-17-5-19-23(32-16-3-4-22(27)20(25)6-16)15(9-29)10-31-24(19)21(26)7-17/h3-8,10,13-14,28,30H,2,11-12H2,1H3,(H,31,32)/t14-/m1/s1. The van der Waals surface area contributed by atoms with E-state index in [0.717, 1.165) is 12.1 Å². The molecule has 1 atom stereocenters. The van der Waals surface area contributed by atoms with Crippen molar-refractivity contribution in [3.05, 3.63) is 69.8 Å². The molecule has 35 heavy (non-hydrogen) atoms. The third-order valence-electron chi connectivity index (χ3n) is 5.48. The summed E-state index contributed by atoms with van der Waals surface area (Å²) in [6, 6.07) is 9.92. The van der Waals surface area contributed by atoms with Crippen LogP contribution in [0.4, 0.5) is 21.5 Å². The van der Waals surface area contributed by atoms with Gasteiger partial charge < -0.3 is 16.0 Å². The van der Waals surface area contributed by atoms with E-state index < -0.39 is 5.82 Å². The Morgan fingerprint density at radius 2 is 2.03 bits per heavy atom. The van der Waals surface area contributed by atoms with Gasteiger partial charge in [0.15, 0.2) is 0 Å². The van der Waals surface area contributed by atoms with Gasteiger partial charge >= 0.3 is 0 Å². The fraction of sp³-hybridized carbons (Fsp3) is 0.208. The lowest BCUT2D eigenvalue weighted by Gasteiger charge is -2.14. The van der Waals surface area contributed by atoms with Crippen molar-refractivity contribution in [1.29, 1.82) is 10.7 Å². The molecule has 0 spiro atoms. The van der Waals surface area contributed by atoms with Crippen molar-refractivity contribution < 1.29 is 4.39 Å². The van der Waals surface area contributed by atoms with Crippen molar-refractivity contribution in [3.8, 4) is 6.07 Å². The van der Waals surface area contributed by atoms with Crippen molar-refractivity contribution in [2.45, 2.75) is 26.4 Å². The second-order valence-corrected chi connectivity index (χ2v) is 8.70. The van der Waals surface area contributed by atoms with Crippen molar-refractivity contribution in [2.24, 2.45) is 5.92 Å². The van der Waals surface area contributed by atoms with Crippen LogP contribution in [0.2, 0.25) is 10.0 Å². The number of pyridine rings is 1. The third-order valence-corrected chi connectivity index (χ3v) is 6.05. The van der Waals surface area contributed by atoms with Gasteiger partial charge in [-0.3, -0.25) is 9.67 Å². The molecule has 4 rings (SSSR count). The monoisotopic (exact) mass is 510 g/mol. The molecule has 2 aromatic carbocycles. The van der Waals surface area contributed by atoms with Gasteiger partial charge in [-0.05, 0) is 36.8 Å². The van der Waals surface area contributed by atoms with Crippen LogP contribution in [0.5, 0.6) is 0 Å². The van der Waals surface area contributed by atoms with E-state index in [1.165, 1.54) is 30.6 Å². The van der Waals surface area contributed by atoms with Gasteiger partial charge in [-0.2, -0.15) is 5.26 Å². The lowest BCUT2D eigenvalue weighted by molar-refractivity contribution is 0.494. The number of nitriles is 1. The van der Waals surface area contributed by atoms with E-state index in [-0.39, 0.29) is 10.9 Å². The van der Waals surface area contributed by atoms with Crippen molar-refractivity contribution >= 4 is 57.4 Å². The molecule has 0 amide bonds. The zero-order valence-corrected chi connectivity index (χ0v) is 20.2. The van der Waals surface area contributed by atoms with E-state index >= 15 is 0 Å². The summed E-state index contributed by atoms with van der Waals surface area (Å²) in [6.07, 6.45) is 5.55. The Kier molecular flexibility index (Phi) is 7.44. The maximum atomic E-state index is 13.6. The maximum Gasteiger partial charge on any atom is 0.141 e. The highest BCUT2D eigenvalue weighted by Gasteiger charge is 2.14. The van der Waals surface area contributed by atoms with Crippen LogP contribution in [0.15, 0.2) is 42.7 Å². The summed E-state index contributed by atoms with van der Waals surface area (Å²) in [6.45, 7) is 3.02. The molecule has 0 unspecified atom stereocenters. The summed E-state index contributed by atoms with van der Waals surface area (Å²) in [4.78, 5) is 4.34. The van der Waals surface area contributed by atoms with Crippen molar-refractivity contribution in [1.82, 2.24) is 20.0 Å².